The molecule has 1 aromatic heterocycles. The van der Waals surface area contributed by atoms with E-state index in [2.05, 4.69) is 5.32 Å². The zero-order chi connectivity index (χ0) is 15.6. The van der Waals surface area contributed by atoms with Gasteiger partial charge in [0.25, 0.3) is 0 Å². The number of furan rings is 1. The smallest absolute Gasteiger partial charge is 0.337 e. The number of carbonyl (C=O) groups is 1. The summed E-state index contributed by atoms with van der Waals surface area (Å²) in [5.41, 5.74) is 0.888. The Morgan fingerprint density at radius 1 is 1.43 bits per heavy atom. The fourth-order valence-electron chi connectivity index (χ4n) is 1.75. The first kappa shape index (κ1) is 15.4. The summed E-state index contributed by atoms with van der Waals surface area (Å²) in [4.78, 5) is 11.1. The van der Waals surface area contributed by atoms with Crippen molar-refractivity contribution in [1.82, 2.24) is 0 Å². The molecule has 0 aliphatic heterocycles. The van der Waals surface area contributed by atoms with Crippen molar-refractivity contribution < 1.29 is 22.7 Å². The molecule has 2 rings (SSSR count). The molecule has 0 atom stereocenters. The Labute approximate surface area is 126 Å². The summed E-state index contributed by atoms with van der Waals surface area (Å²) in [5.74, 6) is -1.24. The van der Waals surface area contributed by atoms with Crippen LogP contribution in [-0.4, -0.2) is 25.7 Å². The molecular formula is C13H12ClNO5S. The Kier molecular flexibility index (Phi) is 4.24. The molecular weight excluding hydrogens is 318 g/mol. The second-order valence-corrected chi connectivity index (χ2v) is 6.78. The van der Waals surface area contributed by atoms with Gasteiger partial charge in [-0.3, -0.25) is 0 Å². The topological polar surface area (TPSA) is 96.6 Å². The molecule has 0 radical (unpaired) electrons. The molecule has 0 fully saturated rings. The van der Waals surface area contributed by atoms with Crippen LogP contribution in [0.5, 0.6) is 0 Å². The number of carboxylic acids is 1. The largest absolute Gasteiger partial charge is 0.478 e. The van der Waals surface area contributed by atoms with Crippen LogP contribution in [0.3, 0.4) is 0 Å². The molecule has 112 valence electrons. The van der Waals surface area contributed by atoms with Gasteiger partial charge in [-0.25, -0.2) is 13.2 Å². The number of hydrogen-bond acceptors (Lipinski definition) is 5. The van der Waals surface area contributed by atoms with Gasteiger partial charge < -0.3 is 14.8 Å². The minimum atomic E-state index is -3.60. The molecule has 0 aliphatic carbocycles. The number of sulfone groups is 1. The van der Waals surface area contributed by atoms with Gasteiger partial charge in [0.15, 0.2) is 9.84 Å². The van der Waals surface area contributed by atoms with Crippen LogP contribution in [0.1, 0.15) is 15.9 Å². The van der Waals surface area contributed by atoms with Crippen LogP contribution in [0.2, 0.25) is 5.02 Å². The molecule has 6 nitrogen and oxygen atoms in total. The van der Waals surface area contributed by atoms with Crippen molar-refractivity contribution in [3.63, 3.8) is 0 Å². The molecule has 0 bridgehead atoms. The highest BCUT2D eigenvalue weighted by atomic mass is 35.5. The summed E-state index contributed by atoms with van der Waals surface area (Å²) in [6.45, 7) is 0.325. The Morgan fingerprint density at radius 2 is 2.14 bits per heavy atom. The van der Waals surface area contributed by atoms with Gasteiger partial charge in [0.1, 0.15) is 0 Å². The van der Waals surface area contributed by atoms with E-state index in [1.165, 1.54) is 18.6 Å². The third-order valence-electron chi connectivity index (χ3n) is 2.76. The van der Waals surface area contributed by atoms with Gasteiger partial charge >= 0.3 is 5.97 Å². The van der Waals surface area contributed by atoms with Gasteiger partial charge in [-0.15, -0.1) is 0 Å². The zero-order valence-corrected chi connectivity index (χ0v) is 12.5. The van der Waals surface area contributed by atoms with Crippen molar-refractivity contribution in [2.75, 3.05) is 11.6 Å². The fourth-order valence-corrected chi connectivity index (χ4v) is 3.08. The van der Waals surface area contributed by atoms with E-state index in [0.29, 0.717) is 6.54 Å². The monoisotopic (exact) mass is 329 g/mol. The maximum Gasteiger partial charge on any atom is 0.337 e. The number of carboxylic acid groups (broad SMARTS) is 1. The predicted molar refractivity (Wildman–Crippen MR) is 77.6 cm³/mol. The number of hydrogen-bond donors (Lipinski definition) is 2. The molecule has 0 unspecified atom stereocenters. The van der Waals surface area contributed by atoms with Crippen LogP contribution < -0.4 is 5.32 Å². The fraction of sp³-hybridized carbons (Fsp3) is 0.154. The summed E-state index contributed by atoms with van der Waals surface area (Å²) in [6, 6.07) is 4.07. The second kappa shape index (κ2) is 5.79. The third-order valence-corrected chi connectivity index (χ3v) is 4.33. The van der Waals surface area contributed by atoms with Crippen molar-refractivity contribution in [3.05, 3.63) is 46.9 Å². The summed E-state index contributed by atoms with van der Waals surface area (Å²) in [6.07, 6.45) is 3.98. The van der Waals surface area contributed by atoms with Crippen LogP contribution in [0.15, 0.2) is 40.0 Å². The van der Waals surface area contributed by atoms with E-state index >= 15 is 0 Å². The van der Waals surface area contributed by atoms with Gasteiger partial charge in [-0.1, -0.05) is 11.6 Å². The van der Waals surface area contributed by atoms with Crippen LogP contribution >= 0.6 is 11.6 Å². The van der Waals surface area contributed by atoms with E-state index < -0.39 is 15.8 Å². The van der Waals surface area contributed by atoms with Crippen molar-refractivity contribution in [2.45, 2.75) is 11.4 Å². The molecule has 0 spiro atoms. The van der Waals surface area contributed by atoms with Crippen molar-refractivity contribution in [3.8, 4) is 0 Å². The lowest BCUT2D eigenvalue weighted by Crippen LogP contribution is -2.09. The predicted octanol–water partition coefficient (Wildman–Crippen LogP) is 2.65. The second-order valence-electron chi connectivity index (χ2n) is 4.39. The van der Waals surface area contributed by atoms with Crippen LogP contribution in [0, 0.1) is 0 Å². The lowest BCUT2D eigenvalue weighted by Gasteiger charge is -2.12. The summed E-state index contributed by atoms with van der Waals surface area (Å²) >= 11 is 5.92. The minimum absolute atomic E-state index is 0.0304. The van der Waals surface area contributed by atoms with Crippen molar-refractivity contribution in [1.29, 1.82) is 0 Å². The lowest BCUT2D eigenvalue weighted by atomic mass is 10.1. The van der Waals surface area contributed by atoms with Crippen molar-refractivity contribution in [2.24, 2.45) is 0 Å². The van der Waals surface area contributed by atoms with Crippen molar-refractivity contribution >= 4 is 33.1 Å². The first-order valence-electron chi connectivity index (χ1n) is 5.81. The van der Waals surface area contributed by atoms with Crippen LogP contribution in [0.4, 0.5) is 5.69 Å². The number of halogens is 1. The molecule has 21 heavy (non-hydrogen) atoms. The Hall–Kier alpha value is -1.99. The number of rotatable bonds is 5. The van der Waals surface area contributed by atoms with Gasteiger partial charge in [0.05, 0.1) is 33.7 Å². The Bertz CT molecular complexity index is 768. The molecule has 1 heterocycles. The summed E-state index contributed by atoms with van der Waals surface area (Å²) < 4.78 is 28.1. The number of aromatic carboxylic acids is 1. The van der Waals surface area contributed by atoms with E-state index in [4.69, 9.17) is 16.0 Å². The standard InChI is InChI=1S/C13H12ClNO5S/c1-21(18,19)12-4-9(13(16)17)11(5-10(12)14)15-6-8-2-3-20-7-8/h2-5,7,15H,6H2,1H3,(H,16,17). The molecule has 0 saturated carbocycles. The molecule has 0 amide bonds. The first-order valence-corrected chi connectivity index (χ1v) is 8.08. The van der Waals surface area contributed by atoms with Gasteiger partial charge in [0.2, 0.25) is 0 Å². The minimum Gasteiger partial charge on any atom is -0.478 e. The lowest BCUT2D eigenvalue weighted by molar-refractivity contribution is 0.0697. The van der Waals surface area contributed by atoms with Crippen LogP contribution in [-0.2, 0) is 16.4 Å². The van der Waals surface area contributed by atoms with Gasteiger partial charge in [-0.2, -0.15) is 0 Å². The number of benzene rings is 1. The first-order chi connectivity index (χ1) is 9.79. The molecule has 2 aromatic rings. The van der Waals surface area contributed by atoms with Crippen LogP contribution in [0.25, 0.3) is 0 Å². The quantitative estimate of drug-likeness (QED) is 0.875. The maximum atomic E-state index is 11.6. The highest BCUT2D eigenvalue weighted by molar-refractivity contribution is 7.90. The molecule has 0 aliphatic rings. The molecule has 2 N–H and O–H groups in total. The van der Waals surface area contributed by atoms with E-state index in [9.17, 15) is 18.3 Å². The van der Waals surface area contributed by atoms with Gasteiger partial charge in [-0.05, 0) is 18.2 Å². The molecule has 8 heteroatoms. The normalized spacial score (nSPS) is 11.3. The molecule has 0 saturated heterocycles. The van der Waals surface area contributed by atoms with Gasteiger partial charge in [0, 0.05) is 18.4 Å². The molecule has 1 aromatic carbocycles. The number of nitrogens with one attached hydrogen (secondary N) is 1. The van der Waals surface area contributed by atoms with E-state index in [-0.39, 0.29) is 21.2 Å². The zero-order valence-electron chi connectivity index (χ0n) is 11.0. The maximum absolute atomic E-state index is 11.6. The van der Waals surface area contributed by atoms with E-state index in [1.807, 2.05) is 0 Å². The highest BCUT2D eigenvalue weighted by Gasteiger charge is 2.19. The third kappa shape index (κ3) is 3.56. The van der Waals surface area contributed by atoms with E-state index in [0.717, 1.165) is 17.9 Å². The Balaban J connectivity index is 2.41. The number of anilines is 1. The average Bonchev–Trinajstić information content (AvgIpc) is 2.87. The van der Waals surface area contributed by atoms with E-state index in [1.54, 1.807) is 6.07 Å². The Morgan fingerprint density at radius 3 is 2.67 bits per heavy atom. The summed E-state index contributed by atoms with van der Waals surface area (Å²) in [7, 11) is -3.60. The summed E-state index contributed by atoms with van der Waals surface area (Å²) in [5, 5.41) is 12.1. The SMILES string of the molecule is CS(=O)(=O)c1cc(C(=O)O)c(NCc2ccoc2)cc1Cl. The average molecular weight is 330 g/mol. The highest BCUT2D eigenvalue weighted by Crippen LogP contribution is 2.29.